The van der Waals surface area contributed by atoms with Crippen LogP contribution in [0, 0.1) is 5.92 Å². The Kier molecular flexibility index (Phi) is 5.16. The molecule has 7 nitrogen and oxygen atoms in total. The summed E-state index contributed by atoms with van der Waals surface area (Å²) in [6, 6.07) is 19.7. The number of nitrogens with one attached hydrogen (secondary N) is 2. The second-order valence-electron chi connectivity index (χ2n) is 8.04. The lowest BCUT2D eigenvalue weighted by molar-refractivity contribution is 0.0911. The number of aromatic nitrogens is 2. The van der Waals surface area contributed by atoms with Gasteiger partial charge in [-0.2, -0.15) is 5.10 Å². The second-order valence-corrected chi connectivity index (χ2v) is 8.04. The van der Waals surface area contributed by atoms with Crippen LogP contribution >= 0.6 is 0 Å². The van der Waals surface area contributed by atoms with Crippen LogP contribution in [0.1, 0.15) is 23.3 Å². The number of fused-ring (bicyclic) bond motifs is 1. The van der Waals surface area contributed by atoms with Crippen molar-refractivity contribution in [3.63, 3.8) is 0 Å². The van der Waals surface area contributed by atoms with Crippen molar-refractivity contribution in [2.75, 3.05) is 13.6 Å². The van der Waals surface area contributed by atoms with E-state index in [9.17, 15) is 4.79 Å². The smallest absolute Gasteiger partial charge is 0.269 e. The van der Waals surface area contributed by atoms with Crippen molar-refractivity contribution in [3.05, 3.63) is 66.4 Å². The largest absolute Gasteiger partial charge is 0.457 e. The summed E-state index contributed by atoms with van der Waals surface area (Å²) in [6.45, 7) is 0.799. The van der Waals surface area contributed by atoms with Gasteiger partial charge in [-0.3, -0.25) is 14.9 Å². The highest BCUT2D eigenvalue weighted by molar-refractivity contribution is 5.93. The number of nitrogens with zero attached hydrogens (tertiary/aromatic N) is 3. The number of aliphatic imine (C=N–C) groups is 1. The highest BCUT2D eigenvalue weighted by atomic mass is 16.5. The van der Waals surface area contributed by atoms with Crippen molar-refractivity contribution in [1.29, 1.82) is 0 Å². The summed E-state index contributed by atoms with van der Waals surface area (Å²) in [5, 5.41) is 10.5. The number of carbonyl (C=O) groups excluding carboxylic acids is 1. The Hall–Kier alpha value is -3.61. The summed E-state index contributed by atoms with van der Waals surface area (Å²) in [5.74, 6) is 1.80. The van der Waals surface area contributed by atoms with Crippen molar-refractivity contribution in [1.82, 2.24) is 20.4 Å². The Bertz CT molecular complexity index is 1090. The maximum Gasteiger partial charge on any atom is 0.269 e. The summed E-state index contributed by atoms with van der Waals surface area (Å²) in [6.07, 6.45) is 4.19. The van der Waals surface area contributed by atoms with Crippen molar-refractivity contribution < 1.29 is 9.53 Å². The molecule has 2 fully saturated rings. The van der Waals surface area contributed by atoms with Gasteiger partial charge in [0.2, 0.25) is 0 Å². The van der Waals surface area contributed by atoms with E-state index in [1.165, 1.54) is 0 Å². The number of carbonyl (C=O) groups is 1. The highest BCUT2D eigenvalue weighted by Crippen LogP contribution is 2.40. The Morgan fingerprint density at radius 1 is 1.19 bits per heavy atom. The molecule has 1 saturated heterocycles. The molecule has 158 valence electrons. The zero-order valence-electron chi connectivity index (χ0n) is 17.4. The van der Waals surface area contributed by atoms with E-state index in [0.29, 0.717) is 29.1 Å². The molecule has 0 bridgehead atoms. The third-order valence-corrected chi connectivity index (χ3v) is 6.18. The van der Waals surface area contributed by atoms with Crippen LogP contribution < -0.4 is 10.1 Å². The number of H-pyrrole nitrogens is 1. The SMILES string of the molecule is C/N=C\N1C[C@H](NC(=O)c2cc(-c3ccccc3Oc3ccccc3)n[nH]2)[C@@H]2CC[C@@H]21. The van der Waals surface area contributed by atoms with Crippen LogP contribution in [0.4, 0.5) is 0 Å². The average molecular weight is 415 g/mol. The Morgan fingerprint density at radius 3 is 2.77 bits per heavy atom. The van der Waals surface area contributed by atoms with E-state index in [4.69, 9.17) is 4.74 Å². The minimum atomic E-state index is -0.133. The van der Waals surface area contributed by atoms with Crippen molar-refractivity contribution in [2.45, 2.75) is 24.9 Å². The van der Waals surface area contributed by atoms with Gasteiger partial charge in [0.25, 0.3) is 5.91 Å². The molecule has 31 heavy (non-hydrogen) atoms. The molecular weight excluding hydrogens is 390 g/mol. The van der Waals surface area contributed by atoms with Crippen molar-refractivity contribution >= 4 is 12.2 Å². The molecule has 1 aromatic heterocycles. The average Bonchev–Trinajstić information content (AvgIpc) is 3.32. The third kappa shape index (κ3) is 3.79. The van der Waals surface area contributed by atoms with E-state index < -0.39 is 0 Å². The number of hydrogen-bond acceptors (Lipinski definition) is 4. The topological polar surface area (TPSA) is 82.6 Å². The van der Waals surface area contributed by atoms with Gasteiger partial charge in [-0.1, -0.05) is 30.3 Å². The summed E-state index contributed by atoms with van der Waals surface area (Å²) >= 11 is 0. The number of para-hydroxylation sites is 2. The van der Waals surface area contributed by atoms with Crippen molar-refractivity contribution in [3.8, 4) is 22.8 Å². The molecule has 0 unspecified atom stereocenters. The molecule has 3 atom stereocenters. The number of hydrogen-bond donors (Lipinski definition) is 2. The molecule has 2 heterocycles. The van der Waals surface area contributed by atoms with Crippen LogP contribution in [-0.4, -0.2) is 53.0 Å². The number of amides is 1. The van der Waals surface area contributed by atoms with Crippen LogP contribution in [0.3, 0.4) is 0 Å². The van der Waals surface area contributed by atoms with E-state index in [0.717, 1.165) is 30.7 Å². The lowest BCUT2D eigenvalue weighted by Crippen LogP contribution is -2.45. The van der Waals surface area contributed by atoms with Crippen LogP contribution in [0.5, 0.6) is 11.5 Å². The monoisotopic (exact) mass is 415 g/mol. The quantitative estimate of drug-likeness (QED) is 0.475. The number of ether oxygens (including phenoxy) is 1. The standard InChI is InChI=1S/C24H25N5O2/c1-25-15-29-14-21(17-11-12-22(17)29)26-24(30)20-13-19(27-28-20)18-9-5-6-10-23(18)31-16-7-3-2-4-8-16/h2-10,13,15,17,21-22H,11-12,14H2,1H3,(H,26,30)(H,27,28)/b25-15-/t17-,21-,22-/m0/s1. The minimum absolute atomic E-state index is 0.129. The number of likely N-dealkylation sites (tertiary alicyclic amines) is 1. The van der Waals surface area contributed by atoms with E-state index in [1.807, 2.05) is 60.9 Å². The molecule has 0 spiro atoms. The zero-order chi connectivity index (χ0) is 21.2. The lowest BCUT2D eigenvalue weighted by Gasteiger charge is -2.36. The molecule has 0 radical (unpaired) electrons. The van der Waals surface area contributed by atoms with Crippen LogP contribution in [-0.2, 0) is 0 Å². The summed E-state index contributed by atoms with van der Waals surface area (Å²) < 4.78 is 6.04. The lowest BCUT2D eigenvalue weighted by atomic mass is 9.78. The predicted octanol–water partition coefficient (Wildman–Crippen LogP) is 3.72. The number of benzene rings is 2. The van der Waals surface area contributed by atoms with E-state index in [1.54, 1.807) is 13.1 Å². The number of rotatable bonds is 6. The molecule has 2 N–H and O–H groups in total. The molecule has 3 aromatic rings. The first-order valence-electron chi connectivity index (χ1n) is 10.6. The molecule has 7 heteroatoms. The van der Waals surface area contributed by atoms with Gasteiger partial charge in [0.15, 0.2) is 0 Å². The normalized spacial score (nSPS) is 22.2. The highest BCUT2D eigenvalue weighted by Gasteiger charge is 2.47. The fourth-order valence-corrected chi connectivity index (χ4v) is 4.53. The molecule has 1 aliphatic carbocycles. The van der Waals surface area contributed by atoms with Gasteiger partial charge in [0, 0.05) is 31.1 Å². The van der Waals surface area contributed by atoms with E-state index >= 15 is 0 Å². The van der Waals surface area contributed by atoms with E-state index in [2.05, 4.69) is 25.4 Å². The van der Waals surface area contributed by atoms with Gasteiger partial charge in [0.1, 0.15) is 17.2 Å². The number of aromatic amines is 1. The minimum Gasteiger partial charge on any atom is -0.457 e. The zero-order valence-corrected chi connectivity index (χ0v) is 17.4. The Labute approximate surface area is 181 Å². The molecule has 2 aliphatic rings. The first-order chi connectivity index (χ1) is 15.2. The molecule has 2 aromatic carbocycles. The first-order valence-corrected chi connectivity index (χ1v) is 10.6. The van der Waals surface area contributed by atoms with Gasteiger partial charge >= 0.3 is 0 Å². The van der Waals surface area contributed by atoms with Gasteiger partial charge < -0.3 is 15.0 Å². The summed E-state index contributed by atoms with van der Waals surface area (Å²) in [4.78, 5) is 19.3. The second kappa shape index (κ2) is 8.26. The van der Waals surface area contributed by atoms with Gasteiger partial charge in [0.05, 0.1) is 18.1 Å². The maximum absolute atomic E-state index is 12.9. The van der Waals surface area contributed by atoms with Crippen molar-refractivity contribution in [2.24, 2.45) is 10.9 Å². The summed E-state index contributed by atoms with van der Waals surface area (Å²) in [7, 11) is 1.78. The van der Waals surface area contributed by atoms with Gasteiger partial charge in [-0.05, 0) is 43.2 Å². The summed E-state index contributed by atoms with van der Waals surface area (Å²) in [5.41, 5.74) is 1.94. The van der Waals surface area contributed by atoms with Gasteiger partial charge in [-0.15, -0.1) is 0 Å². The Morgan fingerprint density at radius 2 is 2.00 bits per heavy atom. The third-order valence-electron chi connectivity index (χ3n) is 6.18. The molecule has 5 rings (SSSR count). The molecular formula is C24H25N5O2. The first kappa shape index (κ1) is 19.4. The van der Waals surface area contributed by atoms with Crippen LogP contribution in [0.2, 0.25) is 0 Å². The fraction of sp³-hybridized carbons (Fsp3) is 0.292. The molecule has 1 amide bonds. The Balaban J connectivity index is 1.31. The predicted molar refractivity (Wildman–Crippen MR) is 119 cm³/mol. The maximum atomic E-state index is 12.9. The molecule has 1 aliphatic heterocycles. The van der Waals surface area contributed by atoms with Crippen LogP contribution in [0.15, 0.2) is 65.7 Å². The van der Waals surface area contributed by atoms with Crippen LogP contribution in [0.25, 0.3) is 11.3 Å². The van der Waals surface area contributed by atoms with Gasteiger partial charge in [-0.25, -0.2) is 0 Å². The molecule has 1 saturated carbocycles. The van der Waals surface area contributed by atoms with E-state index in [-0.39, 0.29) is 11.9 Å². The fourth-order valence-electron chi connectivity index (χ4n) is 4.53.